The van der Waals surface area contributed by atoms with Gasteiger partial charge in [-0.1, -0.05) is 41.6 Å². The molecule has 0 radical (unpaired) electrons. The zero-order chi connectivity index (χ0) is 18.9. The Morgan fingerprint density at radius 1 is 1.38 bits per heavy atom. The minimum absolute atomic E-state index is 0.180. The maximum atomic E-state index is 13.8. The normalized spacial score (nSPS) is 20.5. The van der Waals surface area contributed by atoms with Crippen LogP contribution in [0.3, 0.4) is 0 Å². The molecule has 1 saturated heterocycles. The van der Waals surface area contributed by atoms with Gasteiger partial charge in [0.2, 0.25) is 0 Å². The van der Waals surface area contributed by atoms with Gasteiger partial charge < -0.3 is 0 Å². The van der Waals surface area contributed by atoms with E-state index in [0.717, 1.165) is 29.9 Å². The van der Waals surface area contributed by atoms with Crippen LogP contribution in [0.15, 0.2) is 65.5 Å². The van der Waals surface area contributed by atoms with Crippen molar-refractivity contribution in [3.8, 4) is 0 Å². The molecule has 1 aromatic heterocycles. The molecule has 138 valence electrons. The van der Waals surface area contributed by atoms with Gasteiger partial charge in [-0.3, -0.25) is 9.69 Å². The number of nitrogens with zero attached hydrogens (tertiary/aromatic N) is 3. The van der Waals surface area contributed by atoms with Gasteiger partial charge in [-0.2, -0.15) is 0 Å². The quantitative estimate of drug-likeness (QED) is 0.268. The van der Waals surface area contributed by atoms with Crippen LogP contribution in [0.1, 0.15) is 6.42 Å². The molecule has 0 aromatic carbocycles. The first kappa shape index (κ1) is 20.9. The first-order valence-electron chi connectivity index (χ1n) is 7.90. The molecule has 0 amide bonds. The second-order valence-corrected chi connectivity index (χ2v) is 8.33. The van der Waals surface area contributed by atoms with Crippen molar-refractivity contribution >= 4 is 39.5 Å². The van der Waals surface area contributed by atoms with Crippen molar-refractivity contribution in [2.45, 2.75) is 16.7 Å². The zero-order valence-corrected chi connectivity index (χ0v) is 16.5. The second-order valence-electron chi connectivity index (χ2n) is 5.52. The minimum Gasteiger partial charge on any atom is -0.299 e. The fourth-order valence-corrected chi connectivity index (χ4v) is 5.04. The summed E-state index contributed by atoms with van der Waals surface area (Å²) in [4.78, 5) is 13.1. The summed E-state index contributed by atoms with van der Waals surface area (Å²) in [5, 5.41) is 9.14. The monoisotopic (exact) mass is 411 g/mol. The first-order valence-corrected chi connectivity index (χ1v) is 10.5. The molecule has 1 unspecified atom stereocenters. The molecule has 0 spiro atoms. The molecule has 0 N–H and O–H groups in total. The Morgan fingerprint density at radius 3 is 2.81 bits per heavy atom. The maximum Gasteiger partial charge on any atom is 0.151 e. The van der Waals surface area contributed by atoms with Crippen LogP contribution in [-0.2, 0) is 4.79 Å². The number of hydrogen-bond donors (Lipinski definition) is 0. The third-order valence-electron chi connectivity index (χ3n) is 3.79. The zero-order valence-electron chi connectivity index (χ0n) is 14.1. The van der Waals surface area contributed by atoms with Crippen molar-refractivity contribution in [1.29, 1.82) is 0 Å². The maximum absolute atomic E-state index is 13.8. The minimum atomic E-state index is -0.366. The Labute approximate surface area is 165 Å². The number of likely N-dealkylation sites (tertiary alicyclic amines) is 1. The fraction of sp³-hybridized carbons (Fsp3) is 0.278. The van der Waals surface area contributed by atoms with E-state index in [4.69, 9.17) is 11.6 Å². The molecule has 2 heterocycles. The van der Waals surface area contributed by atoms with Gasteiger partial charge in [-0.25, -0.2) is 4.39 Å². The molecule has 0 bridgehead atoms. The molecular formula is C18H19ClFN3OS2. The largest absolute Gasteiger partial charge is 0.299 e. The van der Waals surface area contributed by atoms with Crippen LogP contribution in [0.25, 0.3) is 0 Å². The van der Waals surface area contributed by atoms with Crippen LogP contribution in [0.2, 0.25) is 5.15 Å². The number of carbonyl (C=O) groups is 1. The number of carbonyl (C=O) groups excluding carboxylic acids is 1. The lowest BCUT2D eigenvalue weighted by atomic mass is 10.0. The Balaban J connectivity index is 2.00. The first-order chi connectivity index (χ1) is 12.6. The van der Waals surface area contributed by atoms with Gasteiger partial charge in [0.15, 0.2) is 5.15 Å². The number of aromatic nitrogens is 2. The summed E-state index contributed by atoms with van der Waals surface area (Å²) in [6, 6.07) is 3.50. The highest BCUT2D eigenvalue weighted by Crippen LogP contribution is 2.39. The molecule has 8 heteroatoms. The van der Waals surface area contributed by atoms with Crippen LogP contribution in [0.4, 0.5) is 4.39 Å². The van der Waals surface area contributed by atoms with Gasteiger partial charge in [0.05, 0.1) is 0 Å². The van der Waals surface area contributed by atoms with Crippen LogP contribution in [0.5, 0.6) is 0 Å². The summed E-state index contributed by atoms with van der Waals surface area (Å²) in [7, 11) is 3.14. The van der Waals surface area contributed by atoms with E-state index >= 15 is 0 Å². The SMILES string of the molecule is C=C/C(F)=C(\C=C)CN1CCC(SSc2ccc(Cl)nn2)/C(=C\C=O)C1. The van der Waals surface area contributed by atoms with Crippen LogP contribution < -0.4 is 0 Å². The van der Waals surface area contributed by atoms with Gasteiger partial charge in [-0.15, -0.1) is 10.2 Å². The van der Waals surface area contributed by atoms with Crippen molar-refractivity contribution in [2.24, 2.45) is 0 Å². The third kappa shape index (κ3) is 6.09. The van der Waals surface area contributed by atoms with E-state index in [1.165, 1.54) is 22.9 Å². The van der Waals surface area contributed by atoms with E-state index in [2.05, 4.69) is 28.3 Å². The molecule has 0 saturated carbocycles. The van der Waals surface area contributed by atoms with Crippen LogP contribution in [0, 0.1) is 0 Å². The van der Waals surface area contributed by atoms with E-state index in [-0.39, 0.29) is 11.1 Å². The Hall–Kier alpha value is -1.41. The average Bonchev–Trinajstić information content (AvgIpc) is 2.66. The lowest BCUT2D eigenvalue weighted by Gasteiger charge is -2.33. The number of aldehydes is 1. The number of allylic oxidation sites excluding steroid dienone is 3. The highest BCUT2D eigenvalue weighted by Gasteiger charge is 2.25. The van der Waals surface area contributed by atoms with Gasteiger partial charge in [0.1, 0.15) is 17.1 Å². The Kier molecular flexibility index (Phi) is 8.58. The van der Waals surface area contributed by atoms with Crippen molar-refractivity contribution in [3.05, 3.63) is 65.6 Å². The van der Waals surface area contributed by atoms with E-state index in [9.17, 15) is 9.18 Å². The molecule has 1 fully saturated rings. The van der Waals surface area contributed by atoms with E-state index < -0.39 is 0 Å². The lowest BCUT2D eigenvalue weighted by Crippen LogP contribution is -2.37. The molecule has 0 aliphatic carbocycles. The lowest BCUT2D eigenvalue weighted by molar-refractivity contribution is -0.104. The van der Waals surface area contributed by atoms with Crippen molar-refractivity contribution in [1.82, 2.24) is 15.1 Å². The summed E-state index contributed by atoms with van der Waals surface area (Å²) in [5.74, 6) is -0.366. The van der Waals surface area contributed by atoms with Crippen LogP contribution in [-0.4, -0.2) is 46.3 Å². The van der Waals surface area contributed by atoms with Crippen LogP contribution >= 0.6 is 33.2 Å². The molecule has 1 aliphatic rings. The summed E-state index contributed by atoms with van der Waals surface area (Å²) in [6.45, 7) is 8.95. The summed E-state index contributed by atoms with van der Waals surface area (Å²) in [5.41, 5.74) is 1.51. The smallest absolute Gasteiger partial charge is 0.151 e. The second kappa shape index (κ2) is 10.7. The van der Waals surface area contributed by atoms with Crippen molar-refractivity contribution < 1.29 is 9.18 Å². The molecule has 26 heavy (non-hydrogen) atoms. The molecule has 2 rings (SSSR count). The fourth-order valence-electron chi connectivity index (χ4n) is 2.48. The highest BCUT2D eigenvalue weighted by molar-refractivity contribution is 8.77. The summed E-state index contributed by atoms with van der Waals surface area (Å²) < 4.78 is 13.8. The average molecular weight is 412 g/mol. The number of piperidine rings is 1. The molecule has 1 aliphatic heterocycles. The topological polar surface area (TPSA) is 46.1 Å². The standard InChI is InChI=1S/C18H19ClFN3OS2/c1-3-13(15(20)4-2)11-23-9-7-16(14(12-23)8-10-24)25-26-18-6-5-17(19)21-22-18/h3-6,8,10,16H,1-2,7,9,11-12H2/b14-8-,15-13-. The Bertz CT molecular complexity index is 722. The van der Waals surface area contributed by atoms with Gasteiger partial charge in [0, 0.05) is 30.5 Å². The molecule has 4 nitrogen and oxygen atoms in total. The molecular weight excluding hydrogens is 393 g/mol. The highest BCUT2D eigenvalue weighted by atomic mass is 35.5. The van der Waals surface area contributed by atoms with E-state index in [1.807, 2.05) is 6.07 Å². The number of halogens is 2. The predicted molar refractivity (Wildman–Crippen MR) is 108 cm³/mol. The summed E-state index contributed by atoms with van der Waals surface area (Å²) in [6.07, 6.45) is 5.94. The third-order valence-corrected chi connectivity index (χ3v) is 6.75. The Morgan fingerprint density at radius 2 is 2.19 bits per heavy atom. The molecule has 1 atom stereocenters. The van der Waals surface area contributed by atoms with Gasteiger partial charge in [-0.05, 0) is 47.1 Å². The van der Waals surface area contributed by atoms with Crippen molar-refractivity contribution in [2.75, 3.05) is 19.6 Å². The predicted octanol–water partition coefficient (Wildman–Crippen LogP) is 4.67. The van der Waals surface area contributed by atoms with E-state index in [1.54, 1.807) is 22.9 Å². The number of hydrogen-bond acceptors (Lipinski definition) is 6. The van der Waals surface area contributed by atoms with Crippen molar-refractivity contribution in [3.63, 3.8) is 0 Å². The van der Waals surface area contributed by atoms with Gasteiger partial charge >= 0.3 is 0 Å². The summed E-state index contributed by atoms with van der Waals surface area (Å²) >= 11 is 5.74. The van der Waals surface area contributed by atoms with E-state index in [0.29, 0.717) is 23.8 Å². The number of rotatable bonds is 8. The van der Waals surface area contributed by atoms with Gasteiger partial charge in [0.25, 0.3) is 0 Å². The molecule has 1 aromatic rings.